The van der Waals surface area contributed by atoms with Crippen LogP contribution in [0.15, 0.2) is 68.6 Å². The Balaban J connectivity index is 1.93. The normalized spacial score (nSPS) is 11.9. The number of amidine groups is 1. The summed E-state index contributed by atoms with van der Waals surface area (Å²) in [5.74, 6) is -2.51. The van der Waals surface area contributed by atoms with Gasteiger partial charge in [-0.25, -0.2) is 13.2 Å². The van der Waals surface area contributed by atoms with Crippen LogP contribution in [0.5, 0.6) is 0 Å². The van der Waals surface area contributed by atoms with Crippen molar-refractivity contribution in [3.05, 3.63) is 65.0 Å². The highest BCUT2D eigenvalue weighted by molar-refractivity contribution is 8.01. The summed E-state index contributed by atoms with van der Waals surface area (Å²) in [6.45, 7) is -0.579. The van der Waals surface area contributed by atoms with Crippen molar-refractivity contribution in [3.63, 3.8) is 0 Å². The molecule has 0 atom stereocenters. The molecule has 6 nitrogen and oxygen atoms in total. The van der Waals surface area contributed by atoms with Gasteiger partial charge in [-0.3, -0.25) is 5.41 Å². The number of nitrogens with two attached hydrogens (primary N) is 1. The standard InChI is InChI=1S/C21H17F3N2O4S3/c1-31-19-17(10-16(32-19)18(25)26)33(28,29)15-7-3-6-14(9-15)13-5-2-4-12(8-13)11-30-20(27)21(22,23)24/h2-10H,11H2,1H3,(H3,25,26). The molecule has 3 rings (SSSR count). The Morgan fingerprint density at radius 3 is 2.36 bits per heavy atom. The average Bonchev–Trinajstić information content (AvgIpc) is 3.23. The summed E-state index contributed by atoms with van der Waals surface area (Å²) < 4.78 is 68.4. The van der Waals surface area contributed by atoms with Crippen LogP contribution in [-0.4, -0.2) is 32.7 Å². The third-order valence-corrected chi connectivity index (χ3v) is 8.75. The molecule has 1 aromatic heterocycles. The lowest BCUT2D eigenvalue weighted by molar-refractivity contribution is -0.201. The van der Waals surface area contributed by atoms with Gasteiger partial charge in [-0.1, -0.05) is 30.3 Å². The maximum atomic E-state index is 13.3. The molecule has 0 radical (unpaired) electrons. The number of rotatable bonds is 7. The fourth-order valence-corrected chi connectivity index (χ4v) is 6.76. The molecule has 12 heteroatoms. The van der Waals surface area contributed by atoms with E-state index in [4.69, 9.17) is 11.1 Å². The number of sulfone groups is 1. The quantitative estimate of drug-likeness (QED) is 0.202. The van der Waals surface area contributed by atoms with E-state index in [1.54, 1.807) is 30.5 Å². The summed E-state index contributed by atoms with van der Waals surface area (Å²) in [6.07, 6.45) is -3.36. The summed E-state index contributed by atoms with van der Waals surface area (Å²) in [6, 6.07) is 13.7. The Morgan fingerprint density at radius 2 is 1.76 bits per heavy atom. The van der Waals surface area contributed by atoms with Crippen molar-refractivity contribution in [1.29, 1.82) is 5.41 Å². The molecule has 3 N–H and O–H groups in total. The highest BCUT2D eigenvalue weighted by Crippen LogP contribution is 2.37. The number of thioether (sulfide) groups is 1. The molecular weight excluding hydrogens is 497 g/mol. The van der Waals surface area contributed by atoms with Crippen LogP contribution in [0.2, 0.25) is 0 Å². The van der Waals surface area contributed by atoms with Gasteiger partial charge in [0.05, 0.1) is 18.9 Å². The lowest BCUT2D eigenvalue weighted by Gasteiger charge is -2.10. The third kappa shape index (κ3) is 5.57. The lowest BCUT2D eigenvalue weighted by atomic mass is 10.0. The second-order valence-electron chi connectivity index (χ2n) is 6.69. The highest BCUT2D eigenvalue weighted by Gasteiger charge is 2.40. The van der Waals surface area contributed by atoms with Crippen LogP contribution in [0.1, 0.15) is 10.4 Å². The molecule has 0 aliphatic rings. The second-order valence-corrected chi connectivity index (χ2v) is 10.7. The maximum absolute atomic E-state index is 13.3. The monoisotopic (exact) mass is 514 g/mol. The summed E-state index contributed by atoms with van der Waals surface area (Å²) in [5, 5.41) is 7.58. The molecule has 0 fully saturated rings. The molecule has 0 saturated carbocycles. The van der Waals surface area contributed by atoms with E-state index in [2.05, 4.69) is 4.74 Å². The number of benzene rings is 2. The van der Waals surface area contributed by atoms with Crippen molar-refractivity contribution >= 4 is 44.7 Å². The Morgan fingerprint density at radius 1 is 1.12 bits per heavy atom. The van der Waals surface area contributed by atoms with E-state index in [9.17, 15) is 26.4 Å². The predicted molar refractivity (Wildman–Crippen MR) is 120 cm³/mol. The molecule has 0 bridgehead atoms. The zero-order chi connectivity index (χ0) is 24.4. The van der Waals surface area contributed by atoms with Gasteiger partial charge < -0.3 is 10.5 Å². The fourth-order valence-electron chi connectivity index (χ4n) is 2.86. The summed E-state index contributed by atoms with van der Waals surface area (Å²) in [5.41, 5.74) is 6.86. The highest BCUT2D eigenvalue weighted by atomic mass is 32.2. The number of nitrogens with one attached hydrogen (secondary N) is 1. The van der Waals surface area contributed by atoms with E-state index in [1.165, 1.54) is 42.1 Å². The number of halogens is 3. The third-order valence-electron chi connectivity index (χ3n) is 4.41. The summed E-state index contributed by atoms with van der Waals surface area (Å²) in [4.78, 5) is 11.3. The average molecular weight is 515 g/mol. The van der Waals surface area contributed by atoms with Gasteiger partial charge >= 0.3 is 12.1 Å². The zero-order valence-electron chi connectivity index (χ0n) is 17.0. The Labute approximate surface area is 196 Å². The first-order valence-electron chi connectivity index (χ1n) is 9.14. The number of hydrogen-bond acceptors (Lipinski definition) is 7. The Bertz CT molecular complexity index is 1320. The van der Waals surface area contributed by atoms with Crippen LogP contribution in [-0.2, 0) is 26.0 Å². The molecule has 174 valence electrons. The fraction of sp³-hybridized carbons (Fsp3) is 0.143. The van der Waals surface area contributed by atoms with Crippen LogP contribution in [0.25, 0.3) is 11.1 Å². The zero-order valence-corrected chi connectivity index (χ0v) is 19.4. The van der Waals surface area contributed by atoms with E-state index in [1.807, 2.05) is 0 Å². The molecule has 0 amide bonds. The number of esters is 1. The maximum Gasteiger partial charge on any atom is 0.490 e. The minimum Gasteiger partial charge on any atom is -0.454 e. The van der Waals surface area contributed by atoms with E-state index >= 15 is 0 Å². The number of carbonyl (C=O) groups is 1. The molecule has 33 heavy (non-hydrogen) atoms. The molecule has 0 aliphatic heterocycles. The van der Waals surface area contributed by atoms with Gasteiger partial charge in [0.25, 0.3) is 0 Å². The SMILES string of the molecule is CSc1sc(C(=N)N)cc1S(=O)(=O)c1cccc(-c2cccc(COC(=O)C(F)(F)F)c2)c1. The second kappa shape index (κ2) is 9.57. The van der Waals surface area contributed by atoms with Gasteiger partial charge in [0, 0.05) is 0 Å². The van der Waals surface area contributed by atoms with Gasteiger partial charge in [-0.05, 0) is 47.2 Å². The van der Waals surface area contributed by atoms with Crippen molar-refractivity contribution in [2.75, 3.05) is 6.26 Å². The van der Waals surface area contributed by atoms with Crippen LogP contribution in [0.4, 0.5) is 13.2 Å². The van der Waals surface area contributed by atoms with Crippen LogP contribution in [0, 0.1) is 5.41 Å². The van der Waals surface area contributed by atoms with Gasteiger partial charge in [0.15, 0.2) is 0 Å². The minimum absolute atomic E-state index is 0.0112. The number of ether oxygens (including phenoxy) is 1. The molecule has 0 aliphatic carbocycles. The topological polar surface area (TPSA) is 110 Å². The van der Waals surface area contributed by atoms with Crippen molar-refractivity contribution in [2.24, 2.45) is 5.73 Å². The summed E-state index contributed by atoms with van der Waals surface area (Å²) in [7, 11) is -3.93. The van der Waals surface area contributed by atoms with Gasteiger partial charge in [0.2, 0.25) is 9.84 Å². The van der Waals surface area contributed by atoms with E-state index in [0.717, 1.165) is 11.3 Å². The number of nitrogen functional groups attached to an aromatic ring is 1. The first-order chi connectivity index (χ1) is 15.4. The number of alkyl halides is 3. The first-order valence-corrected chi connectivity index (χ1v) is 12.7. The van der Waals surface area contributed by atoms with E-state index in [-0.39, 0.29) is 15.6 Å². The van der Waals surface area contributed by atoms with Crippen LogP contribution >= 0.6 is 23.1 Å². The largest absolute Gasteiger partial charge is 0.490 e. The van der Waals surface area contributed by atoms with Gasteiger partial charge in [-0.15, -0.1) is 23.1 Å². The lowest BCUT2D eigenvalue weighted by Crippen LogP contribution is -2.25. The van der Waals surface area contributed by atoms with Crippen molar-refractivity contribution in [3.8, 4) is 11.1 Å². The van der Waals surface area contributed by atoms with Gasteiger partial charge in [0.1, 0.15) is 12.4 Å². The van der Waals surface area contributed by atoms with Crippen molar-refractivity contribution in [1.82, 2.24) is 0 Å². The number of hydrogen-bond donors (Lipinski definition) is 2. The Hall–Kier alpha value is -2.83. The van der Waals surface area contributed by atoms with Crippen molar-refractivity contribution in [2.45, 2.75) is 26.8 Å². The smallest absolute Gasteiger partial charge is 0.454 e. The predicted octanol–water partition coefficient (Wildman–Crippen LogP) is 4.86. The van der Waals surface area contributed by atoms with Crippen LogP contribution < -0.4 is 5.73 Å². The minimum atomic E-state index is -5.08. The van der Waals surface area contributed by atoms with E-state index in [0.29, 0.717) is 25.8 Å². The van der Waals surface area contributed by atoms with E-state index < -0.39 is 28.6 Å². The molecule has 1 heterocycles. The number of thiophene rings is 1. The summed E-state index contributed by atoms with van der Waals surface area (Å²) >= 11 is 2.35. The molecule has 3 aromatic rings. The first kappa shape index (κ1) is 24.8. The molecule has 0 saturated heterocycles. The van der Waals surface area contributed by atoms with Gasteiger partial charge in [-0.2, -0.15) is 13.2 Å². The Kier molecular flexibility index (Phi) is 7.20. The van der Waals surface area contributed by atoms with Crippen LogP contribution in [0.3, 0.4) is 0 Å². The van der Waals surface area contributed by atoms with Crippen molar-refractivity contribution < 1.29 is 31.1 Å². The number of carbonyl (C=O) groups excluding carboxylic acids is 1. The molecular formula is C21H17F3N2O4S3. The molecule has 0 unspecified atom stereocenters. The molecule has 2 aromatic carbocycles. The molecule has 0 spiro atoms.